The summed E-state index contributed by atoms with van der Waals surface area (Å²) in [6, 6.07) is -2.57. The fraction of sp³-hybridized carbons (Fsp3) is 0.739. The molecule has 7 amide bonds. The molecule has 8 N–H and O–H groups in total. The van der Waals surface area contributed by atoms with Gasteiger partial charge in [-0.25, -0.2) is 4.79 Å². The second kappa shape index (κ2) is 30.8. The van der Waals surface area contributed by atoms with Gasteiger partial charge in [-0.15, -0.1) is 0 Å². The third-order valence-electron chi connectivity index (χ3n) is 11.4. The van der Waals surface area contributed by atoms with E-state index in [4.69, 9.17) is 14.2 Å². The van der Waals surface area contributed by atoms with Gasteiger partial charge in [0.2, 0.25) is 29.5 Å². The number of imide groups is 1. The number of carboxylic acid groups (broad SMARTS) is 3. The van der Waals surface area contributed by atoms with E-state index in [1.54, 1.807) is 0 Å². The minimum atomic E-state index is -1.38. The molecule has 1 aliphatic carbocycles. The number of nitrogens with one attached hydrogen (secondary N) is 5. The summed E-state index contributed by atoms with van der Waals surface area (Å²) >= 11 is 0. The minimum Gasteiger partial charge on any atom is -0.481 e. The maximum absolute atomic E-state index is 13.1. The lowest BCUT2D eigenvalue weighted by atomic mass is 9.71. The predicted octanol–water partition coefficient (Wildman–Crippen LogP) is 1.29. The van der Waals surface area contributed by atoms with Crippen molar-refractivity contribution >= 4 is 59.3 Å². The molecule has 0 aromatic heterocycles. The molecule has 2 aliphatic rings. The zero-order valence-electron chi connectivity index (χ0n) is 40.0. The van der Waals surface area contributed by atoms with Gasteiger partial charge < -0.3 is 56.1 Å². The van der Waals surface area contributed by atoms with E-state index >= 15 is 0 Å². The topological polar surface area (TPSA) is 322 Å². The van der Waals surface area contributed by atoms with Crippen LogP contribution < -0.4 is 26.6 Å². The Kier molecular flexibility index (Phi) is 26.6. The zero-order valence-corrected chi connectivity index (χ0v) is 40.0. The number of ether oxygens (including phenoxy) is 3. The maximum atomic E-state index is 13.1. The van der Waals surface area contributed by atoms with Crippen LogP contribution in [0.15, 0.2) is 12.2 Å². The van der Waals surface area contributed by atoms with Crippen LogP contribution in [-0.4, -0.2) is 157 Å². The zero-order chi connectivity index (χ0) is 50.7. The van der Waals surface area contributed by atoms with E-state index in [1.165, 1.54) is 12.2 Å². The van der Waals surface area contributed by atoms with Gasteiger partial charge >= 0.3 is 17.9 Å². The predicted molar refractivity (Wildman–Crippen MR) is 243 cm³/mol. The van der Waals surface area contributed by atoms with Crippen molar-refractivity contribution in [1.82, 2.24) is 31.5 Å². The summed E-state index contributed by atoms with van der Waals surface area (Å²) in [7, 11) is 0. The molecule has 2 rings (SSSR count). The molecule has 1 fully saturated rings. The van der Waals surface area contributed by atoms with Crippen LogP contribution in [0.3, 0.4) is 0 Å². The van der Waals surface area contributed by atoms with Crippen molar-refractivity contribution < 1.29 is 77.5 Å². The summed E-state index contributed by atoms with van der Waals surface area (Å²) in [5.41, 5.74) is -0.881. The molecule has 1 heterocycles. The van der Waals surface area contributed by atoms with Crippen molar-refractivity contribution in [1.29, 1.82) is 0 Å². The molecule has 22 heteroatoms. The Morgan fingerprint density at radius 1 is 0.632 bits per heavy atom. The lowest BCUT2D eigenvalue weighted by Crippen LogP contribution is -2.48. The average molecular weight is 967 g/mol. The second-order valence-electron chi connectivity index (χ2n) is 18.9. The van der Waals surface area contributed by atoms with Crippen LogP contribution >= 0.6 is 0 Å². The molecule has 384 valence electrons. The van der Waals surface area contributed by atoms with Gasteiger partial charge in [0.15, 0.2) is 0 Å². The SMILES string of the molecule is CC(C)(CC(=O)O)CC(C)(C)CC(=O)NCC1CCC(C(=O)NC(CCC(=O)NC(CCC(=O)O)C(=O)NCCCOCCOCCOCCCNC(=O)CCN2C(=O)C=CC2=O)C(=O)O)CC1. The summed E-state index contributed by atoms with van der Waals surface area (Å²) in [6.07, 6.45) is 5.12. The molecule has 0 aromatic rings. The van der Waals surface area contributed by atoms with Crippen molar-refractivity contribution in [3.05, 3.63) is 12.2 Å². The van der Waals surface area contributed by atoms with Crippen LogP contribution in [0.4, 0.5) is 0 Å². The van der Waals surface area contributed by atoms with Crippen molar-refractivity contribution in [2.75, 3.05) is 65.8 Å². The molecule has 2 unspecified atom stereocenters. The first-order valence-corrected chi connectivity index (χ1v) is 23.4. The number of hydrogen-bond donors (Lipinski definition) is 8. The second-order valence-corrected chi connectivity index (χ2v) is 18.9. The van der Waals surface area contributed by atoms with Gasteiger partial charge in [0.25, 0.3) is 11.8 Å². The molecule has 0 bridgehead atoms. The van der Waals surface area contributed by atoms with Crippen molar-refractivity contribution in [2.24, 2.45) is 22.7 Å². The van der Waals surface area contributed by atoms with Crippen LogP contribution in [0, 0.1) is 22.7 Å². The highest BCUT2D eigenvalue weighted by molar-refractivity contribution is 6.13. The summed E-state index contributed by atoms with van der Waals surface area (Å²) in [5, 5.41) is 41.5. The van der Waals surface area contributed by atoms with E-state index in [0.29, 0.717) is 84.5 Å². The summed E-state index contributed by atoms with van der Waals surface area (Å²) in [6.45, 7) is 10.5. The van der Waals surface area contributed by atoms with Gasteiger partial charge in [0.05, 0.1) is 32.8 Å². The first-order chi connectivity index (χ1) is 32.1. The van der Waals surface area contributed by atoms with E-state index in [-0.39, 0.29) is 82.6 Å². The lowest BCUT2D eigenvalue weighted by Gasteiger charge is -2.34. The summed E-state index contributed by atoms with van der Waals surface area (Å²) in [4.78, 5) is 122. The Hall–Kier alpha value is -5.48. The van der Waals surface area contributed by atoms with Gasteiger partial charge in [0.1, 0.15) is 12.1 Å². The van der Waals surface area contributed by atoms with Crippen LogP contribution in [0.25, 0.3) is 0 Å². The van der Waals surface area contributed by atoms with E-state index in [9.17, 15) is 63.3 Å². The van der Waals surface area contributed by atoms with E-state index in [2.05, 4.69) is 26.6 Å². The molecule has 2 atom stereocenters. The normalized spacial score (nSPS) is 17.0. The van der Waals surface area contributed by atoms with Crippen LogP contribution in [0.2, 0.25) is 0 Å². The molecule has 1 saturated carbocycles. The Bertz CT molecular complexity index is 1730. The van der Waals surface area contributed by atoms with Gasteiger partial charge in [-0.05, 0) is 74.5 Å². The number of amides is 7. The quantitative estimate of drug-likeness (QED) is 0.0324. The number of rotatable bonds is 36. The van der Waals surface area contributed by atoms with Crippen LogP contribution in [0.1, 0.15) is 118 Å². The van der Waals surface area contributed by atoms with Crippen molar-refractivity contribution in [2.45, 2.75) is 130 Å². The Morgan fingerprint density at radius 3 is 1.74 bits per heavy atom. The number of hydrogen-bond acceptors (Lipinski definition) is 13. The van der Waals surface area contributed by atoms with Gasteiger partial charge in [-0.1, -0.05) is 27.7 Å². The largest absolute Gasteiger partial charge is 0.481 e. The summed E-state index contributed by atoms with van der Waals surface area (Å²) in [5.74, 6) is -6.74. The Labute approximate surface area is 397 Å². The molecular weight excluding hydrogens is 893 g/mol. The van der Waals surface area contributed by atoms with Crippen molar-refractivity contribution in [3.8, 4) is 0 Å². The fourth-order valence-electron chi connectivity index (χ4n) is 8.25. The first kappa shape index (κ1) is 58.6. The van der Waals surface area contributed by atoms with Gasteiger partial charge in [-0.3, -0.25) is 48.1 Å². The Balaban J connectivity index is 1.60. The molecule has 0 aromatic carbocycles. The molecule has 0 saturated heterocycles. The van der Waals surface area contributed by atoms with Crippen LogP contribution in [0.5, 0.6) is 0 Å². The van der Waals surface area contributed by atoms with Gasteiger partial charge in [-0.2, -0.15) is 0 Å². The third kappa shape index (κ3) is 25.6. The van der Waals surface area contributed by atoms with E-state index in [0.717, 1.165) is 4.90 Å². The fourth-order valence-corrected chi connectivity index (χ4v) is 8.25. The molecule has 22 nitrogen and oxygen atoms in total. The summed E-state index contributed by atoms with van der Waals surface area (Å²) < 4.78 is 16.4. The molecule has 0 radical (unpaired) electrons. The van der Waals surface area contributed by atoms with Gasteiger partial charge in [0, 0.05) is 83.1 Å². The number of carbonyl (C=O) groups is 10. The smallest absolute Gasteiger partial charge is 0.326 e. The lowest BCUT2D eigenvalue weighted by molar-refractivity contribution is -0.143. The average Bonchev–Trinajstić information content (AvgIpc) is 3.57. The minimum absolute atomic E-state index is 0.00261. The Morgan fingerprint density at radius 2 is 1.18 bits per heavy atom. The molecule has 1 aliphatic heterocycles. The maximum Gasteiger partial charge on any atom is 0.326 e. The molecule has 0 spiro atoms. The number of nitrogens with zero attached hydrogens (tertiary/aromatic N) is 1. The highest BCUT2D eigenvalue weighted by Gasteiger charge is 2.34. The number of carboxylic acids is 3. The number of carbonyl (C=O) groups excluding carboxylic acids is 7. The standard InChI is InChI=1S/C46H74N6O16/c1-45(2,30-46(3,4)28-41(60)61)27-37(55)49-29-31-7-9-32(10-8-31)42(62)51-34(44(64)65)11-13-36(54)50-33(12-16-40(58)59)43(63)48-19-6-22-67-24-26-68-25-23-66-21-5-18-47-35(53)17-20-52-38(56)14-15-39(52)57/h14-15,31-34H,5-13,16-30H2,1-4H3,(H,47,53)(H,48,63)(H,49,55)(H,50,54)(H,51,62)(H,58,59)(H,60,61)(H,64,65). The highest BCUT2D eigenvalue weighted by atomic mass is 16.5. The number of aliphatic carboxylic acids is 3. The van der Waals surface area contributed by atoms with Crippen molar-refractivity contribution in [3.63, 3.8) is 0 Å². The van der Waals surface area contributed by atoms with Crippen LogP contribution in [-0.2, 0) is 62.2 Å². The van der Waals surface area contributed by atoms with E-state index in [1.807, 2.05) is 27.7 Å². The highest BCUT2D eigenvalue weighted by Crippen LogP contribution is 2.38. The first-order valence-electron chi connectivity index (χ1n) is 23.4. The van der Waals surface area contributed by atoms with E-state index < -0.39 is 82.7 Å². The molecular formula is C46H74N6O16. The molecule has 68 heavy (non-hydrogen) atoms. The third-order valence-corrected chi connectivity index (χ3v) is 11.4. The monoisotopic (exact) mass is 967 g/mol.